The predicted molar refractivity (Wildman–Crippen MR) is 112 cm³/mol. The van der Waals surface area contributed by atoms with Crippen LogP contribution in [0.4, 0.5) is 0 Å². The molecular formula is C20H27N3O3S2. The molecule has 8 heteroatoms. The maximum atomic E-state index is 12.8. The number of hydrogen-bond donors (Lipinski definition) is 0. The number of aryl methyl sites for hydroxylation is 1. The molecule has 2 heterocycles. The molecule has 1 saturated heterocycles. The summed E-state index contributed by atoms with van der Waals surface area (Å²) in [5.41, 5.74) is 1.61. The number of likely N-dealkylation sites (tertiary alicyclic amines) is 1. The molecule has 1 atom stereocenters. The van der Waals surface area contributed by atoms with Crippen LogP contribution in [0.1, 0.15) is 35.5 Å². The minimum Gasteiger partial charge on any atom is -0.342 e. The molecule has 0 bridgehead atoms. The fourth-order valence-corrected chi connectivity index (χ4v) is 5.66. The van der Waals surface area contributed by atoms with Gasteiger partial charge in [-0.05, 0) is 31.7 Å². The fourth-order valence-electron chi connectivity index (χ4n) is 3.56. The molecule has 1 amide bonds. The second-order valence-corrected chi connectivity index (χ2v) is 10.3. The Hall–Kier alpha value is -1.77. The third-order valence-corrected chi connectivity index (χ3v) is 7.89. The van der Waals surface area contributed by atoms with Gasteiger partial charge in [-0.2, -0.15) is 0 Å². The van der Waals surface area contributed by atoms with Crippen molar-refractivity contribution < 1.29 is 13.2 Å². The number of amides is 1. The first-order valence-electron chi connectivity index (χ1n) is 9.53. The Balaban J connectivity index is 1.58. The summed E-state index contributed by atoms with van der Waals surface area (Å²) < 4.78 is 27.1. The molecule has 1 aromatic carbocycles. The lowest BCUT2D eigenvalue weighted by atomic mass is 10.1. The molecule has 6 nitrogen and oxygen atoms in total. The van der Waals surface area contributed by atoms with Crippen LogP contribution < -0.4 is 0 Å². The number of carbonyl (C=O) groups excluding carboxylic acids is 1. The van der Waals surface area contributed by atoms with E-state index >= 15 is 0 Å². The van der Waals surface area contributed by atoms with E-state index in [0.717, 1.165) is 29.1 Å². The van der Waals surface area contributed by atoms with Crippen LogP contribution in [0.15, 0.2) is 35.7 Å². The van der Waals surface area contributed by atoms with Crippen molar-refractivity contribution in [2.45, 2.75) is 44.4 Å². The summed E-state index contributed by atoms with van der Waals surface area (Å²) in [5.74, 6) is 0.0767. The second kappa shape index (κ2) is 9.15. The average molecular weight is 422 g/mol. The van der Waals surface area contributed by atoms with Crippen molar-refractivity contribution in [3.05, 3.63) is 52.0 Å². The van der Waals surface area contributed by atoms with Crippen LogP contribution in [0.5, 0.6) is 0 Å². The number of hydrogen-bond acceptors (Lipinski definition) is 5. The van der Waals surface area contributed by atoms with E-state index in [1.165, 1.54) is 4.31 Å². The van der Waals surface area contributed by atoms with E-state index in [9.17, 15) is 13.2 Å². The average Bonchev–Trinajstić information content (AvgIpc) is 2.92. The molecule has 0 radical (unpaired) electrons. The van der Waals surface area contributed by atoms with Crippen molar-refractivity contribution >= 4 is 27.3 Å². The van der Waals surface area contributed by atoms with Crippen molar-refractivity contribution in [2.24, 2.45) is 0 Å². The molecule has 0 N–H and O–H groups in total. The van der Waals surface area contributed by atoms with Crippen molar-refractivity contribution in [3.63, 3.8) is 0 Å². The van der Waals surface area contributed by atoms with Crippen LogP contribution in [0.3, 0.4) is 0 Å². The van der Waals surface area contributed by atoms with E-state index in [0.29, 0.717) is 25.9 Å². The van der Waals surface area contributed by atoms with Gasteiger partial charge in [0.25, 0.3) is 0 Å². The Morgan fingerprint density at radius 1 is 1.25 bits per heavy atom. The lowest BCUT2D eigenvalue weighted by Crippen LogP contribution is -2.39. The van der Waals surface area contributed by atoms with Crippen LogP contribution in [0, 0.1) is 6.92 Å². The lowest BCUT2D eigenvalue weighted by Gasteiger charge is -2.26. The summed E-state index contributed by atoms with van der Waals surface area (Å²) in [5, 5.41) is 2.89. The highest BCUT2D eigenvalue weighted by molar-refractivity contribution is 7.88. The first kappa shape index (κ1) is 21.0. The third kappa shape index (κ3) is 5.40. The third-order valence-electron chi connectivity index (χ3n) is 5.19. The quantitative estimate of drug-likeness (QED) is 0.719. The molecule has 1 fully saturated rings. The van der Waals surface area contributed by atoms with Crippen molar-refractivity contribution in [1.82, 2.24) is 14.2 Å². The van der Waals surface area contributed by atoms with E-state index in [1.807, 2.05) is 47.5 Å². The molecule has 1 aliphatic heterocycles. The molecule has 28 heavy (non-hydrogen) atoms. The van der Waals surface area contributed by atoms with Gasteiger partial charge >= 0.3 is 0 Å². The summed E-state index contributed by atoms with van der Waals surface area (Å²) in [6.45, 7) is 3.18. The van der Waals surface area contributed by atoms with Gasteiger partial charge in [-0.25, -0.2) is 17.7 Å². The first-order chi connectivity index (χ1) is 13.3. The molecule has 0 aliphatic carbocycles. The van der Waals surface area contributed by atoms with Crippen LogP contribution >= 0.6 is 11.3 Å². The Morgan fingerprint density at radius 2 is 2.00 bits per heavy atom. The Bertz CT molecular complexity index is 896. The number of sulfonamides is 1. The van der Waals surface area contributed by atoms with Gasteiger partial charge in [-0.1, -0.05) is 30.3 Å². The zero-order valence-corrected chi connectivity index (χ0v) is 18.0. The summed E-state index contributed by atoms with van der Waals surface area (Å²) in [6, 6.07) is 9.17. The number of benzene rings is 1. The van der Waals surface area contributed by atoms with E-state index in [-0.39, 0.29) is 17.7 Å². The SMILES string of the molecule is Cc1nc(CC(=O)N2CCCC(N(C)S(=O)(=O)Cc3ccccc3)CC2)cs1. The molecule has 1 aliphatic rings. The second-order valence-electron chi connectivity index (χ2n) is 7.26. The minimum absolute atomic E-state index is 0.00661. The van der Waals surface area contributed by atoms with E-state index in [4.69, 9.17) is 0 Å². The molecule has 0 saturated carbocycles. The Morgan fingerprint density at radius 3 is 2.68 bits per heavy atom. The lowest BCUT2D eigenvalue weighted by molar-refractivity contribution is -0.130. The zero-order chi connectivity index (χ0) is 20.1. The van der Waals surface area contributed by atoms with Gasteiger partial charge in [0.2, 0.25) is 15.9 Å². The van der Waals surface area contributed by atoms with Gasteiger partial charge in [-0.15, -0.1) is 11.3 Å². The normalized spacial score (nSPS) is 18.2. The Labute approximate surface area is 171 Å². The highest BCUT2D eigenvalue weighted by atomic mass is 32.2. The number of carbonyl (C=O) groups is 1. The standard InChI is InChI=1S/C20H27N3O3S2/c1-16-21-18(14-27-16)13-20(24)23-11-6-9-19(10-12-23)22(2)28(25,26)15-17-7-4-3-5-8-17/h3-5,7-8,14,19H,6,9-13,15H2,1-2H3. The van der Waals surface area contributed by atoms with Crippen molar-refractivity contribution in [1.29, 1.82) is 0 Å². The number of aromatic nitrogens is 1. The van der Waals surface area contributed by atoms with Crippen LogP contribution in [-0.4, -0.2) is 54.7 Å². The topological polar surface area (TPSA) is 70.6 Å². The number of nitrogens with zero attached hydrogens (tertiary/aromatic N) is 3. The number of thiazole rings is 1. The molecule has 3 rings (SSSR count). The zero-order valence-electron chi connectivity index (χ0n) is 16.4. The molecule has 2 aromatic rings. The summed E-state index contributed by atoms with van der Waals surface area (Å²) in [4.78, 5) is 18.8. The van der Waals surface area contributed by atoms with Crippen LogP contribution in [-0.2, 0) is 27.0 Å². The van der Waals surface area contributed by atoms with Gasteiger partial charge in [0.1, 0.15) is 0 Å². The van der Waals surface area contributed by atoms with Gasteiger partial charge in [0.15, 0.2) is 0 Å². The summed E-state index contributed by atoms with van der Waals surface area (Å²) in [6.07, 6.45) is 2.55. The molecule has 1 unspecified atom stereocenters. The predicted octanol–water partition coefficient (Wildman–Crippen LogP) is 2.84. The Kier molecular flexibility index (Phi) is 6.85. The highest BCUT2D eigenvalue weighted by Crippen LogP contribution is 2.21. The van der Waals surface area contributed by atoms with E-state index < -0.39 is 10.0 Å². The first-order valence-corrected chi connectivity index (χ1v) is 12.0. The maximum Gasteiger partial charge on any atom is 0.228 e. The van der Waals surface area contributed by atoms with Crippen LogP contribution in [0.2, 0.25) is 0 Å². The van der Waals surface area contributed by atoms with Crippen LogP contribution in [0.25, 0.3) is 0 Å². The van der Waals surface area contributed by atoms with Crippen molar-refractivity contribution in [2.75, 3.05) is 20.1 Å². The van der Waals surface area contributed by atoms with Gasteiger partial charge < -0.3 is 4.90 Å². The van der Waals surface area contributed by atoms with Crippen molar-refractivity contribution in [3.8, 4) is 0 Å². The molecule has 1 aromatic heterocycles. The van der Waals surface area contributed by atoms with Gasteiger partial charge in [-0.3, -0.25) is 4.79 Å². The van der Waals surface area contributed by atoms with Gasteiger partial charge in [0.05, 0.1) is 22.9 Å². The molecule has 0 spiro atoms. The maximum absolute atomic E-state index is 12.8. The largest absolute Gasteiger partial charge is 0.342 e. The molecular weight excluding hydrogens is 394 g/mol. The van der Waals surface area contributed by atoms with Gasteiger partial charge in [0, 0.05) is 31.6 Å². The van der Waals surface area contributed by atoms with E-state index in [1.54, 1.807) is 18.4 Å². The van der Waals surface area contributed by atoms with E-state index in [2.05, 4.69) is 4.98 Å². The monoisotopic (exact) mass is 421 g/mol. The summed E-state index contributed by atoms with van der Waals surface area (Å²) in [7, 11) is -1.73. The smallest absolute Gasteiger partial charge is 0.228 e. The minimum atomic E-state index is -3.39. The number of rotatable bonds is 6. The highest BCUT2D eigenvalue weighted by Gasteiger charge is 2.29. The molecule has 152 valence electrons. The summed E-state index contributed by atoms with van der Waals surface area (Å²) >= 11 is 1.55. The fraction of sp³-hybridized carbons (Fsp3) is 0.500.